The van der Waals surface area contributed by atoms with E-state index in [0.29, 0.717) is 16.6 Å². The van der Waals surface area contributed by atoms with Gasteiger partial charge in [-0.15, -0.1) is 0 Å². The smallest absolute Gasteiger partial charge is 0.122 e. The average Bonchev–Trinajstić information content (AvgIpc) is 3.10. The molecule has 1 aromatic rings. The fraction of sp³-hybridized carbons (Fsp3) is 0.462. The monoisotopic (exact) mass is 251 g/mol. The highest BCUT2D eigenvalue weighted by Crippen LogP contribution is 2.38. The summed E-state index contributed by atoms with van der Waals surface area (Å²) in [4.78, 5) is 2.21. The minimum atomic E-state index is 0.0522. The molecule has 1 aliphatic rings. The summed E-state index contributed by atoms with van der Waals surface area (Å²) in [7, 11) is 2.07. The second-order valence-corrected chi connectivity index (χ2v) is 5.18. The predicted octanol–water partition coefficient (Wildman–Crippen LogP) is 2.86. The van der Waals surface area contributed by atoms with Crippen LogP contribution in [-0.4, -0.2) is 18.9 Å². The largest absolute Gasteiger partial charge is 0.384 e. The van der Waals surface area contributed by atoms with E-state index < -0.39 is 0 Å². The first kappa shape index (κ1) is 12.2. The molecule has 0 saturated heterocycles. The Morgan fingerprint density at radius 1 is 1.53 bits per heavy atom. The first-order valence-corrected chi connectivity index (χ1v) is 6.25. The Balaban J connectivity index is 2.23. The minimum Gasteiger partial charge on any atom is -0.384 e. The summed E-state index contributed by atoms with van der Waals surface area (Å²) in [6.45, 7) is 2.23. The van der Waals surface area contributed by atoms with Crippen molar-refractivity contribution in [3.8, 4) is 0 Å². The number of rotatable bonds is 4. The molecule has 4 heteroatoms. The number of amidine groups is 1. The van der Waals surface area contributed by atoms with Crippen LogP contribution in [0.25, 0.3) is 0 Å². The summed E-state index contributed by atoms with van der Waals surface area (Å²) in [5.41, 5.74) is 7.12. The number of halogens is 1. The zero-order valence-electron chi connectivity index (χ0n) is 10.2. The van der Waals surface area contributed by atoms with E-state index in [-0.39, 0.29) is 5.84 Å². The molecule has 1 aliphatic carbocycles. The van der Waals surface area contributed by atoms with Gasteiger partial charge in [-0.1, -0.05) is 11.6 Å². The lowest BCUT2D eigenvalue weighted by Gasteiger charge is -2.28. The van der Waals surface area contributed by atoms with Gasteiger partial charge in [0.2, 0.25) is 0 Å². The predicted molar refractivity (Wildman–Crippen MR) is 73.1 cm³/mol. The van der Waals surface area contributed by atoms with Crippen LogP contribution in [0.5, 0.6) is 0 Å². The normalized spacial score (nSPS) is 16.6. The van der Waals surface area contributed by atoms with E-state index in [1.807, 2.05) is 12.1 Å². The highest BCUT2D eigenvalue weighted by Gasteiger charge is 2.31. The Morgan fingerprint density at radius 3 is 2.65 bits per heavy atom. The van der Waals surface area contributed by atoms with E-state index >= 15 is 0 Å². The lowest BCUT2D eigenvalue weighted by molar-refractivity contribution is 0.609. The number of nitrogens with zero attached hydrogens (tertiary/aromatic N) is 1. The van der Waals surface area contributed by atoms with Crippen molar-refractivity contribution in [2.45, 2.75) is 25.8 Å². The zero-order valence-corrected chi connectivity index (χ0v) is 11.0. The van der Waals surface area contributed by atoms with Gasteiger partial charge in [0.1, 0.15) is 5.84 Å². The molecule has 3 nitrogen and oxygen atoms in total. The molecule has 0 radical (unpaired) electrons. The maximum absolute atomic E-state index is 7.38. The van der Waals surface area contributed by atoms with Crippen molar-refractivity contribution in [3.05, 3.63) is 28.8 Å². The summed E-state index contributed by atoms with van der Waals surface area (Å²) in [6, 6.07) is 6.06. The topological polar surface area (TPSA) is 53.1 Å². The van der Waals surface area contributed by atoms with E-state index in [2.05, 4.69) is 18.9 Å². The second kappa shape index (κ2) is 4.57. The second-order valence-electron chi connectivity index (χ2n) is 4.77. The Kier molecular flexibility index (Phi) is 3.29. The maximum Gasteiger partial charge on any atom is 0.122 e. The molecule has 1 saturated carbocycles. The van der Waals surface area contributed by atoms with Gasteiger partial charge in [0.05, 0.1) is 10.7 Å². The van der Waals surface area contributed by atoms with Crippen LogP contribution in [0.1, 0.15) is 25.3 Å². The Morgan fingerprint density at radius 2 is 2.18 bits per heavy atom. The molecule has 0 bridgehead atoms. The fourth-order valence-electron chi connectivity index (χ4n) is 2.07. The summed E-state index contributed by atoms with van der Waals surface area (Å²) < 4.78 is 0. The summed E-state index contributed by atoms with van der Waals surface area (Å²) in [6.07, 6.45) is 2.63. The van der Waals surface area contributed by atoms with Gasteiger partial charge in [-0.05, 0) is 43.9 Å². The number of hydrogen-bond donors (Lipinski definition) is 2. The van der Waals surface area contributed by atoms with Crippen molar-refractivity contribution in [3.63, 3.8) is 0 Å². The van der Waals surface area contributed by atoms with Crippen molar-refractivity contribution in [1.29, 1.82) is 5.41 Å². The van der Waals surface area contributed by atoms with Gasteiger partial charge in [0.25, 0.3) is 0 Å². The van der Waals surface area contributed by atoms with Crippen molar-refractivity contribution < 1.29 is 0 Å². The average molecular weight is 252 g/mol. The van der Waals surface area contributed by atoms with Crippen molar-refractivity contribution in [2.75, 3.05) is 11.9 Å². The van der Waals surface area contributed by atoms with Gasteiger partial charge in [-0.25, -0.2) is 0 Å². The quantitative estimate of drug-likeness (QED) is 0.639. The number of nitrogen functional groups attached to an aromatic ring is 1. The Bertz CT molecular complexity index is 440. The summed E-state index contributed by atoms with van der Waals surface area (Å²) in [5, 5.41) is 8.04. The number of hydrogen-bond acceptors (Lipinski definition) is 2. The number of nitrogens with two attached hydrogens (primary N) is 1. The maximum atomic E-state index is 7.38. The van der Waals surface area contributed by atoms with Gasteiger partial charge >= 0.3 is 0 Å². The first-order valence-electron chi connectivity index (χ1n) is 5.87. The lowest BCUT2D eigenvalue weighted by atomic mass is 10.1. The standard InChI is InChI=1S/C13H18ClN3/c1-8(9-3-4-9)17(2)12-6-5-10(13(15)16)7-11(12)14/h5-9H,3-4H2,1-2H3,(H3,15,16). The summed E-state index contributed by atoms with van der Waals surface area (Å²) in [5.74, 6) is 0.847. The van der Waals surface area contributed by atoms with Gasteiger partial charge in [-0.2, -0.15) is 0 Å². The van der Waals surface area contributed by atoms with Crippen LogP contribution < -0.4 is 10.6 Å². The summed E-state index contributed by atoms with van der Waals surface area (Å²) >= 11 is 6.24. The van der Waals surface area contributed by atoms with Crippen LogP contribution >= 0.6 is 11.6 Å². The van der Waals surface area contributed by atoms with Crippen LogP contribution in [0, 0.1) is 11.3 Å². The molecule has 1 unspecified atom stereocenters. The molecule has 0 heterocycles. The fourth-order valence-corrected chi connectivity index (χ4v) is 2.39. The molecular weight excluding hydrogens is 234 g/mol. The van der Waals surface area contributed by atoms with Gasteiger partial charge < -0.3 is 10.6 Å². The molecule has 0 amide bonds. The number of benzene rings is 1. The van der Waals surface area contributed by atoms with Gasteiger partial charge in [0, 0.05) is 18.7 Å². The van der Waals surface area contributed by atoms with Gasteiger partial charge in [-0.3, -0.25) is 5.41 Å². The highest BCUT2D eigenvalue weighted by atomic mass is 35.5. The molecule has 17 heavy (non-hydrogen) atoms. The van der Waals surface area contributed by atoms with E-state index in [4.69, 9.17) is 22.7 Å². The van der Waals surface area contributed by atoms with Crippen LogP contribution in [-0.2, 0) is 0 Å². The molecule has 2 rings (SSSR count). The third-order valence-corrected chi connectivity index (χ3v) is 3.86. The van der Waals surface area contributed by atoms with E-state index in [1.54, 1.807) is 6.07 Å². The Hall–Kier alpha value is -1.22. The lowest BCUT2D eigenvalue weighted by Crippen LogP contribution is -2.30. The van der Waals surface area contributed by atoms with E-state index in [1.165, 1.54) is 12.8 Å². The van der Waals surface area contributed by atoms with Crippen molar-refractivity contribution in [2.24, 2.45) is 11.7 Å². The molecule has 1 aromatic carbocycles. The molecule has 0 spiro atoms. The SMILES string of the molecule is CC(C1CC1)N(C)c1ccc(C(=N)N)cc1Cl. The van der Waals surface area contributed by atoms with Crippen LogP contribution in [0.4, 0.5) is 5.69 Å². The molecule has 1 fully saturated rings. The third kappa shape index (κ3) is 2.55. The van der Waals surface area contributed by atoms with E-state index in [0.717, 1.165) is 11.6 Å². The molecule has 1 atom stereocenters. The minimum absolute atomic E-state index is 0.0522. The van der Waals surface area contributed by atoms with Crippen LogP contribution in [0.15, 0.2) is 18.2 Å². The van der Waals surface area contributed by atoms with Crippen molar-refractivity contribution >= 4 is 23.1 Å². The Labute approximate surface area is 107 Å². The first-order chi connectivity index (χ1) is 8.00. The molecule has 92 valence electrons. The van der Waals surface area contributed by atoms with E-state index in [9.17, 15) is 0 Å². The highest BCUT2D eigenvalue weighted by molar-refractivity contribution is 6.33. The van der Waals surface area contributed by atoms with Gasteiger partial charge in [0.15, 0.2) is 0 Å². The van der Waals surface area contributed by atoms with Crippen LogP contribution in [0.3, 0.4) is 0 Å². The molecule has 3 N–H and O–H groups in total. The number of nitrogens with one attached hydrogen (secondary N) is 1. The van der Waals surface area contributed by atoms with Crippen LogP contribution in [0.2, 0.25) is 5.02 Å². The zero-order chi connectivity index (χ0) is 12.6. The third-order valence-electron chi connectivity index (χ3n) is 3.55. The molecule has 0 aromatic heterocycles. The number of anilines is 1. The molecule has 0 aliphatic heterocycles. The molecular formula is C13H18ClN3. The van der Waals surface area contributed by atoms with Crippen molar-refractivity contribution in [1.82, 2.24) is 0 Å².